The molecule has 0 bridgehead atoms. The molecule has 20 heavy (non-hydrogen) atoms. The highest BCUT2D eigenvalue weighted by atomic mass is 35.5. The molecule has 0 saturated carbocycles. The predicted molar refractivity (Wildman–Crippen MR) is 82.3 cm³/mol. The molecule has 4 nitrogen and oxygen atoms in total. The van der Waals surface area contributed by atoms with E-state index in [1.165, 1.54) is 0 Å². The number of nitrogens with one attached hydrogen (secondary N) is 1. The summed E-state index contributed by atoms with van der Waals surface area (Å²) < 4.78 is 1.93. The molecular formula is C15H24ClN3O. The van der Waals surface area contributed by atoms with Gasteiger partial charge in [0.1, 0.15) is 5.69 Å². The van der Waals surface area contributed by atoms with Crippen molar-refractivity contribution < 1.29 is 4.79 Å². The van der Waals surface area contributed by atoms with Crippen molar-refractivity contribution in [2.75, 3.05) is 26.2 Å². The number of piperidine rings is 1. The van der Waals surface area contributed by atoms with Crippen LogP contribution in [-0.2, 0) is 6.54 Å². The van der Waals surface area contributed by atoms with Crippen molar-refractivity contribution in [3.05, 3.63) is 23.0 Å². The zero-order valence-electron chi connectivity index (χ0n) is 12.4. The first kappa shape index (κ1) is 15.4. The number of halogens is 1. The third kappa shape index (κ3) is 3.55. The van der Waals surface area contributed by atoms with Crippen molar-refractivity contribution in [3.8, 4) is 0 Å². The number of rotatable bonds is 5. The summed E-state index contributed by atoms with van der Waals surface area (Å²) in [6.45, 7) is 8.55. The van der Waals surface area contributed by atoms with E-state index in [2.05, 4.69) is 5.32 Å². The molecule has 2 heterocycles. The van der Waals surface area contributed by atoms with E-state index in [1.807, 2.05) is 29.5 Å². The molecule has 1 amide bonds. The van der Waals surface area contributed by atoms with Crippen LogP contribution in [0.1, 0.15) is 37.2 Å². The topological polar surface area (TPSA) is 37.3 Å². The maximum atomic E-state index is 12.7. The van der Waals surface area contributed by atoms with Gasteiger partial charge in [0, 0.05) is 25.8 Å². The SMILES string of the molecule is CCN(CC1CCNCC1)C(=O)c1cc(Cl)cn1CC. The molecule has 1 aliphatic rings. The smallest absolute Gasteiger partial charge is 0.270 e. The molecule has 1 saturated heterocycles. The molecule has 1 aromatic rings. The van der Waals surface area contributed by atoms with Gasteiger partial charge in [0.25, 0.3) is 5.91 Å². The van der Waals surface area contributed by atoms with E-state index in [0.29, 0.717) is 16.6 Å². The van der Waals surface area contributed by atoms with E-state index >= 15 is 0 Å². The fraction of sp³-hybridized carbons (Fsp3) is 0.667. The van der Waals surface area contributed by atoms with Crippen LogP contribution in [0.15, 0.2) is 12.3 Å². The van der Waals surface area contributed by atoms with Gasteiger partial charge < -0.3 is 14.8 Å². The molecule has 1 aliphatic heterocycles. The average molecular weight is 298 g/mol. The van der Waals surface area contributed by atoms with Crippen LogP contribution in [0.5, 0.6) is 0 Å². The molecule has 0 aliphatic carbocycles. The van der Waals surface area contributed by atoms with Gasteiger partial charge in [-0.1, -0.05) is 11.6 Å². The van der Waals surface area contributed by atoms with Gasteiger partial charge >= 0.3 is 0 Å². The van der Waals surface area contributed by atoms with Gasteiger partial charge in [0.05, 0.1) is 5.02 Å². The first-order chi connectivity index (χ1) is 9.65. The number of hydrogen-bond donors (Lipinski definition) is 1. The molecule has 0 unspecified atom stereocenters. The van der Waals surface area contributed by atoms with Crippen LogP contribution in [0.25, 0.3) is 0 Å². The molecule has 112 valence electrons. The molecule has 1 fully saturated rings. The normalized spacial score (nSPS) is 16.4. The highest BCUT2D eigenvalue weighted by molar-refractivity contribution is 6.31. The van der Waals surface area contributed by atoms with E-state index in [9.17, 15) is 4.79 Å². The first-order valence-electron chi connectivity index (χ1n) is 7.51. The number of carbonyl (C=O) groups is 1. The van der Waals surface area contributed by atoms with Crippen LogP contribution in [0, 0.1) is 5.92 Å². The summed E-state index contributed by atoms with van der Waals surface area (Å²) in [4.78, 5) is 14.6. The van der Waals surface area contributed by atoms with Gasteiger partial charge in [-0.05, 0) is 51.8 Å². The molecule has 0 atom stereocenters. The average Bonchev–Trinajstić information content (AvgIpc) is 2.86. The second-order valence-electron chi connectivity index (χ2n) is 5.37. The van der Waals surface area contributed by atoms with E-state index in [-0.39, 0.29) is 5.91 Å². The number of hydrogen-bond acceptors (Lipinski definition) is 2. The van der Waals surface area contributed by atoms with Crippen molar-refractivity contribution in [1.82, 2.24) is 14.8 Å². The lowest BCUT2D eigenvalue weighted by molar-refractivity contribution is 0.0716. The van der Waals surface area contributed by atoms with Gasteiger partial charge in [-0.3, -0.25) is 4.79 Å². The third-order valence-corrected chi connectivity index (χ3v) is 4.24. The van der Waals surface area contributed by atoms with Crippen LogP contribution in [-0.4, -0.2) is 41.6 Å². The van der Waals surface area contributed by atoms with Crippen LogP contribution in [0.2, 0.25) is 5.02 Å². The van der Waals surface area contributed by atoms with Gasteiger partial charge in [0.15, 0.2) is 0 Å². The summed E-state index contributed by atoms with van der Waals surface area (Å²) in [5.74, 6) is 0.709. The molecule has 2 rings (SSSR count). The lowest BCUT2D eigenvalue weighted by Crippen LogP contribution is -2.39. The Balaban J connectivity index is 2.07. The standard InChI is InChI=1S/C15H24ClN3O/c1-3-18-11-13(16)9-14(18)15(20)19(4-2)10-12-5-7-17-8-6-12/h9,11-12,17H,3-8,10H2,1-2H3. The Labute approximate surface area is 126 Å². The Morgan fingerprint density at radius 3 is 2.75 bits per heavy atom. The zero-order valence-corrected chi connectivity index (χ0v) is 13.1. The highest BCUT2D eigenvalue weighted by Crippen LogP contribution is 2.19. The summed E-state index contributed by atoms with van der Waals surface area (Å²) in [5.41, 5.74) is 0.702. The van der Waals surface area contributed by atoms with E-state index in [1.54, 1.807) is 6.07 Å². The second kappa shape index (κ2) is 7.14. The van der Waals surface area contributed by atoms with E-state index in [4.69, 9.17) is 11.6 Å². The minimum Gasteiger partial charge on any atom is -0.342 e. The fourth-order valence-electron chi connectivity index (χ4n) is 2.81. The maximum Gasteiger partial charge on any atom is 0.270 e. The highest BCUT2D eigenvalue weighted by Gasteiger charge is 2.22. The van der Waals surface area contributed by atoms with Crippen LogP contribution in [0.4, 0.5) is 0 Å². The first-order valence-corrected chi connectivity index (χ1v) is 7.89. The minimum absolute atomic E-state index is 0.0970. The predicted octanol–water partition coefficient (Wildman–Crippen LogP) is 2.62. The second-order valence-corrected chi connectivity index (χ2v) is 5.80. The zero-order chi connectivity index (χ0) is 14.5. The molecule has 1 aromatic heterocycles. The number of nitrogens with zero attached hydrogens (tertiary/aromatic N) is 2. The van der Waals surface area contributed by atoms with Gasteiger partial charge in [0.2, 0.25) is 0 Å². The van der Waals surface area contributed by atoms with Crippen molar-refractivity contribution in [2.24, 2.45) is 5.92 Å². The summed E-state index contributed by atoms with van der Waals surface area (Å²) in [6, 6.07) is 1.78. The van der Waals surface area contributed by atoms with E-state index < -0.39 is 0 Å². The lowest BCUT2D eigenvalue weighted by atomic mass is 9.97. The summed E-state index contributed by atoms with van der Waals surface area (Å²) >= 11 is 6.03. The summed E-state index contributed by atoms with van der Waals surface area (Å²) in [6.07, 6.45) is 4.13. The number of aryl methyl sites for hydroxylation is 1. The fourth-order valence-corrected chi connectivity index (χ4v) is 3.03. The van der Waals surface area contributed by atoms with Crippen LogP contribution in [0.3, 0.4) is 0 Å². The van der Waals surface area contributed by atoms with Crippen molar-refractivity contribution in [1.29, 1.82) is 0 Å². The quantitative estimate of drug-likeness (QED) is 0.907. The van der Waals surface area contributed by atoms with Crippen molar-refractivity contribution in [2.45, 2.75) is 33.2 Å². The lowest BCUT2D eigenvalue weighted by Gasteiger charge is -2.29. The molecule has 0 radical (unpaired) electrons. The van der Waals surface area contributed by atoms with Gasteiger partial charge in [-0.15, -0.1) is 0 Å². The summed E-state index contributed by atoms with van der Waals surface area (Å²) in [7, 11) is 0. The van der Waals surface area contributed by atoms with Crippen LogP contribution < -0.4 is 5.32 Å². The summed E-state index contributed by atoms with van der Waals surface area (Å²) in [5, 5.41) is 4.00. The third-order valence-electron chi connectivity index (χ3n) is 4.03. The Morgan fingerprint density at radius 2 is 2.15 bits per heavy atom. The van der Waals surface area contributed by atoms with E-state index in [0.717, 1.165) is 45.6 Å². The number of aromatic nitrogens is 1. The molecule has 0 aromatic carbocycles. The monoisotopic (exact) mass is 297 g/mol. The van der Waals surface area contributed by atoms with Crippen molar-refractivity contribution >= 4 is 17.5 Å². The Bertz CT molecular complexity index is 452. The molecular weight excluding hydrogens is 274 g/mol. The van der Waals surface area contributed by atoms with Crippen LogP contribution >= 0.6 is 11.6 Å². The Hall–Kier alpha value is -1.00. The number of carbonyl (C=O) groups excluding carboxylic acids is 1. The number of amides is 1. The minimum atomic E-state index is 0.0970. The molecule has 1 N–H and O–H groups in total. The Kier molecular flexibility index (Phi) is 5.49. The van der Waals surface area contributed by atoms with Crippen molar-refractivity contribution in [3.63, 3.8) is 0 Å². The molecule has 0 spiro atoms. The maximum absolute atomic E-state index is 12.7. The molecule has 5 heteroatoms. The van der Waals surface area contributed by atoms with Gasteiger partial charge in [-0.25, -0.2) is 0 Å². The largest absolute Gasteiger partial charge is 0.342 e. The van der Waals surface area contributed by atoms with Gasteiger partial charge in [-0.2, -0.15) is 0 Å². The Morgan fingerprint density at radius 1 is 1.45 bits per heavy atom.